The number of fused-ring (bicyclic) bond motifs is 1. The van der Waals surface area contributed by atoms with E-state index < -0.39 is 0 Å². The number of amides is 1. The van der Waals surface area contributed by atoms with E-state index in [0.717, 1.165) is 0 Å². The molecule has 1 amide bonds. The van der Waals surface area contributed by atoms with Gasteiger partial charge in [-0.15, -0.1) is 10.2 Å². The summed E-state index contributed by atoms with van der Waals surface area (Å²) in [6, 6.07) is 17.3. The predicted octanol–water partition coefficient (Wildman–Crippen LogP) is 4.18. The SMILES string of the molecule is O=C(NCCc1nnc2ccc(SCc3c(F)cccc3Cl)nn12)c1ccccc1. The molecule has 2 aromatic carbocycles. The van der Waals surface area contributed by atoms with E-state index in [1.165, 1.54) is 17.8 Å². The molecule has 0 aliphatic heterocycles. The van der Waals surface area contributed by atoms with Crippen molar-refractivity contribution >= 4 is 34.9 Å². The Labute approximate surface area is 181 Å². The minimum Gasteiger partial charge on any atom is -0.352 e. The molecule has 0 fully saturated rings. The van der Waals surface area contributed by atoms with Crippen LogP contribution in [0, 0.1) is 5.82 Å². The molecule has 0 aliphatic rings. The number of rotatable bonds is 7. The molecule has 0 atom stereocenters. The minimum atomic E-state index is -0.338. The maximum atomic E-state index is 14.0. The number of thioether (sulfide) groups is 1. The molecule has 30 heavy (non-hydrogen) atoms. The molecule has 0 radical (unpaired) electrons. The van der Waals surface area contributed by atoms with E-state index >= 15 is 0 Å². The number of hydrogen-bond acceptors (Lipinski definition) is 5. The molecule has 0 spiro atoms. The summed E-state index contributed by atoms with van der Waals surface area (Å²) in [4.78, 5) is 12.2. The standard InChI is InChI=1S/C21H17ClFN5OS/c22-16-7-4-8-17(23)15(16)13-30-20-10-9-18-25-26-19(28(18)27-20)11-12-24-21(29)14-5-2-1-3-6-14/h1-10H,11-13H2,(H,24,29). The lowest BCUT2D eigenvalue weighted by molar-refractivity contribution is 0.0954. The number of nitrogens with one attached hydrogen (secondary N) is 1. The van der Waals surface area contributed by atoms with Crippen molar-refractivity contribution in [3.8, 4) is 0 Å². The van der Waals surface area contributed by atoms with Gasteiger partial charge in [0.2, 0.25) is 0 Å². The highest BCUT2D eigenvalue weighted by Crippen LogP contribution is 2.27. The van der Waals surface area contributed by atoms with Crippen LogP contribution in [0.2, 0.25) is 5.02 Å². The first kappa shape index (κ1) is 20.3. The van der Waals surface area contributed by atoms with E-state index in [2.05, 4.69) is 20.6 Å². The average Bonchev–Trinajstić information content (AvgIpc) is 3.16. The zero-order valence-corrected chi connectivity index (χ0v) is 17.3. The van der Waals surface area contributed by atoms with Crippen LogP contribution in [0.5, 0.6) is 0 Å². The number of nitrogens with zero attached hydrogens (tertiary/aromatic N) is 4. The third-order valence-electron chi connectivity index (χ3n) is 4.40. The summed E-state index contributed by atoms with van der Waals surface area (Å²) < 4.78 is 15.6. The zero-order chi connectivity index (χ0) is 20.9. The van der Waals surface area contributed by atoms with E-state index in [1.54, 1.807) is 34.8 Å². The minimum absolute atomic E-state index is 0.143. The highest BCUT2D eigenvalue weighted by molar-refractivity contribution is 7.98. The van der Waals surface area contributed by atoms with Crippen molar-refractivity contribution in [2.75, 3.05) is 6.54 Å². The zero-order valence-electron chi connectivity index (χ0n) is 15.8. The van der Waals surface area contributed by atoms with E-state index in [9.17, 15) is 9.18 Å². The first-order valence-corrected chi connectivity index (χ1v) is 10.6. The van der Waals surface area contributed by atoms with Crippen LogP contribution in [0.25, 0.3) is 5.65 Å². The second-order valence-corrected chi connectivity index (χ2v) is 7.82. The number of carbonyl (C=O) groups excluding carboxylic acids is 1. The van der Waals surface area contributed by atoms with Crippen LogP contribution in [-0.4, -0.2) is 32.3 Å². The van der Waals surface area contributed by atoms with Crippen molar-refractivity contribution < 1.29 is 9.18 Å². The van der Waals surface area contributed by atoms with Gasteiger partial charge in [-0.25, -0.2) is 4.39 Å². The quantitative estimate of drug-likeness (QED) is 0.435. The van der Waals surface area contributed by atoms with Crippen molar-refractivity contribution in [1.82, 2.24) is 25.1 Å². The van der Waals surface area contributed by atoms with Crippen LogP contribution in [-0.2, 0) is 12.2 Å². The maximum Gasteiger partial charge on any atom is 0.251 e. The fourth-order valence-electron chi connectivity index (χ4n) is 2.85. The summed E-state index contributed by atoms with van der Waals surface area (Å²) in [6.45, 7) is 0.401. The van der Waals surface area contributed by atoms with E-state index in [-0.39, 0.29) is 11.7 Å². The fraction of sp³-hybridized carbons (Fsp3) is 0.143. The summed E-state index contributed by atoms with van der Waals surface area (Å²) in [7, 11) is 0. The summed E-state index contributed by atoms with van der Waals surface area (Å²) in [5.41, 5.74) is 1.65. The van der Waals surface area contributed by atoms with Gasteiger partial charge in [-0.05, 0) is 36.4 Å². The molecule has 1 N–H and O–H groups in total. The molecule has 0 saturated carbocycles. The third-order valence-corrected chi connectivity index (χ3v) is 5.70. The van der Waals surface area contributed by atoms with Gasteiger partial charge < -0.3 is 5.32 Å². The molecular weight excluding hydrogens is 425 g/mol. The molecule has 4 aromatic rings. The van der Waals surface area contributed by atoms with Crippen LogP contribution >= 0.6 is 23.4 Å². The van der Waals surface area contributed by atoms with Crippen molar-refractivity contribution in [1.29, 1.82) is 0 Å². The first-order valence-electron chi connectivity index (χ1n) is 9.22. The Morgan fingerprint density at radius 3 is 2.70 bits per heavy atom. The lowest BCUT2D eigenvalue weighted by atomic mass is 10.2. The van der Waals surface area contributed by atoms with Gasteiger partial charge in [-0.1, -0.05) is 47.6 Å². The Morgan fingerprint density at radius 2 is 1.90 bits per heavy atom. The smallest absolute Gasteiger partial charge is 0.251 e. The summed E-state index contributed by atoms with van der Waals surface area (Å²) in [6.07, 6.45) is 0.472. The fourth-order valence-corrected chi connectivity index (χ4v) is 4.04. The molecule has 2 aromatic heterocycles. The van der Waals surface area contributed by atoms with Crippen LogP contribution < -0.4 is 5.32 Å². The van der Waals surface area contributed by atoms with Crippen molar-refractivity contribution in [2.24, 2.45) is 0 Å². The Hall–Kier alpha value is -2.97. The van der Waals surface area contributed by atoms with Gasteiger partial charge in [0.05, 0.1) is 0 Å². The normalized spacial score (nSPS) is 11.0. The van der Waals surface area contributed by atoms with Crippen LogP contribution in [0.1, 0.15) is 21.7 Å². The summed E-state index contributed by atoms with van der Waals surface area (Å²) >= 11 is 7.47. The Balaban J connectivity index is 1.42. The Kier molecular flexibility index (Phi) is 6.25. The molecule has 4 rings (SSSR count). The summed E-state index contributed by atoms with van der Waals surface area (Å²) in [5, 5.41) is 16.8. The molecule has 0 unspecified atom stereocenters. The monoisotopic (exact) mass is 441 g/mol. The van der Waals surface area contributed by atoms with Crippen molar-refractivity contribution in [3.63, 3.8) is 0 Å². The van der Waals surface area contributed by atoms with E-state index in [0.29, 0.717) is 51.4 Å². The number of hydrogen-bond donors (Lipinski definition) is 1. The average molecular weight is 442 g/mol. The summed E-state index contributed by atoms with van der Waals surface area (Å²) in [5.74, 6) is 0.504. The topological polar surface area (TPSA) is 72.2 Å². The lowest BCUT2D eigenvalue weighted by Gasteiger charge is -2.06. The predicted molar refractivity (Wildman–Crippen MR) is 114 cm³/mol. The van der Waals surface area contributed by atoms with Gasteiger partial charge in [-0.3, -0.25) is 4.79 Å². The van der Waals surface area contributed by atoms with Gasteiger partial charge in [0.15, 0.2) is 11.5 Å². The van der Waals surface area contributed by atoms with Crippen LogP contribution in [0.15, 0.2) is 65.7 Å². The molecule has 9 heteroatoms. The molecule has 2 heterocycles. The Morgan fingerprint density at radius 1 is 1.07 bits per heavy atom. The molecule has 6 nitrogen and oxygen atoms in total. The van der Waals surface area contributed by atoms with Crippen molar-refractivity contribution in [2.45, 2.75) is 17.2 Å². The second kappa shape index (κ2) is 9.23. The lowest BCUT2D eigenvalue weighted by Crippen LogP contribution is -2.26. The van der Waals surface area contributed by atoms with Crippen LogP contribution in [0.4, 0.5) is 4.39 Å². The first-order chi connectivity index (χ1) is 14.6. The molecule has 152 valence electrons. The molecule has 0 aliphatic carbocycles. The third kappa shape index (κ3) is 4.60. The number of aromatic nitrogens is 4. The molecule has 0 saturated heterocycles. The largest absolute Gasteiger partial charge is 0.352 e. The van der Waals surface area contributed by atoms with Crippen LogP contribution in [0.3, 0.4) is 0 Å². The van der Waals surface area contributed by atoms with Crippen molar-refractivity contribution in [3.05, 3.63) is 88.5 Å². The second-order valence-electron chi connectivity index (χ2n) is 6.42. The number of halogens is 2. The van der Waals surface area contributed by atoms with Gasteiger partial charge >= 0.3 is 0 Å². The number of carbonyl (C=O) groups is 1. The number of benzene rings is 2. The van der Waals surface area contributed by atoms with Gasteiger partial charge in [0.25, 0.3) is 5.91 Å². The molecule has 0 bridgehead atoms. The maximum absolute atomic E-state index is 14.0. The highest BCUT2D eigenvalue weighted by atomic mass is 35.5. The van der Waals surface area contributed by atoms with E-state index in [4.69, 9.17) is 11.6 Å². The molecular formula is C21H17ClFN5OS. The van der Waals surface area contributed by atoms with E-state index in [1.807, 2.05) is 24.3 Å². The van der Waals surface area contributed by atoms with Gasteiger partial charge in [0.1, 0.15) is 10.8 Å². The van der Waals surface area contributed by atoms with Gasteiger partial charge in [-0.2, -0.15) is 9.61 Å². The Bertz CT molecular complexity index is 1160. The van der Waals surface area contributed by atoms with Gasteiger partial charge in [0, 0.05) is 34.9 Å². The highest BCUT2D eigenvalue weighted by Gasteiger charge is 2.12.